The van der Waals surface area contributed by atoms with Crippen molar-refractivity contribution in [2.24, 2.45) is 0 Å². The highest BCUT2D eigenvalue weighted by Crippen LogP contribution is 2.32. The first-order valence-electron chi connectivity index (χ1n) is 7.03. The van der Waals surface area contributed by atoms with Crippen molar-refractivity contribution in [3.05, 3.63) is 23.3 Å². The van der Waals surface area contributed by atoms with E-state index in [0.29, 0.717) is 5.92 Å². The zero-order chi connectivity index (χ0) is 13.2. The second-order valence-corrected chi connectivity index (χ2v) is 6.44. The van der Waals surface area contributed by atoms with E-state index in [-0.39, 0.29) is 5.54 Å². The monoisotopic (exact) mass is 247 g/mol. The molecule has 1 aromatic heterocycles. The Morgan fingerprint density at radius 3 is 2.50 bits per heavy atom. The lowest BCUT2D eigenvalue weighted by atomic mass is 10.1. The standard InChI is InChI=1S/C15H25N3/c1-11-9-13(10-16-15(2,3)4)18-14(17-11)12-7-5-6-8-12/h9,12,16H,5-8,10H2,1-4H3. The van der Waals surface area contributed by atoms with Gasteiger partial charge in [0.15, 0.2) is 0 Å². The van der Waals surface area contributed by atoms with Gasteiger partial charge in [0.1, 0.15) is 5.82 Å². The highest BCUT2D eigenvalue weighted by atomic mass is 15.0. The molecule has 0 radical (unpaired) electrons. The van der Waals surface area contributed by atoms with E-state index in [0.717, 1.165) is 23.8 Å². The van der Waals surface area contributed by atoms with Crippen LogP contribution in [-0.4, -0.2) is 15.5 Å². The van der Waals surface area contributed by atoms with Crippen LogP contribution in [0.15, 0.2) is 6.07 Å². The third-order valence-corrected chi connectivity index (χ3v) is 3.44. The third-order valence-electron chi connectivity index (χ3n) is 3.44. The van der Waals surface area contributed by atoms with Crippen molar-refractivity contribution in [1.82, 2.24) is 15.3 Å². The van der Waals surface area contributed by atoms with Gasteiger partial charge in [0, 0.05) is 23.7 Å². The highest BCUT2D eigenvalue weighted by molar-refractivity contribution is 5.13. The van der Waals surface area contributed by atoms with Gasteiger partial charge < -0.3 is 5.32 Å². The number of rotatable bonds is 3. The molecule has 3 nitrogen and oxygen atoms in total. The molecule has 18 heavy (non-hydrogen) atoms. The highest BCUT2D eigenvalue weighted by Gasteiger charge is 2.20. The Morgan fingerprint density at radius 1 is 1.22 bits per heavy atom. The molecule has 1 saturated carbocycles. The Morgan fingerprint density at radius 2 is 1.89 bits per heavy atom. The Hall–Kier alpha value is -0.960. The van der Waals surface area contributed by atoms with E-state index in [9.17, 15) is 0 Å². The first-order valence-corrected chi connectivity index (χ1v) is 7.03. The number of hydrogen-bond acceptors (Lipinski definition) is 3. The Labute approximate surface area is 110 Å². The number of hydrogen-bond donors (Lipinski definition) is 1. The van der Waals surface area contributed by atoms with Crippen molar-refractivity contribution in [2.45, 2.75) is 71.4 Å². The van der Waals surface area contributed by atoms with E-state index in [4.69, 9.17) is 4.98 Å². The lowest BCUT2D eigenvalue weighted by Gasteiger charge is -2.20. The van der Waals surface area contributed by atoms with Gasteiger partial charge in [0.2, 0.25) is 0 Å². The Bertz CT molecular complexity index is 401. The molecule has 0 bridgehead atoms. The minimum Gasteiger partial charge on any atom is -0.306 e. The van der Waals surface area contributed by atoms with Gasteiger partial charge in [-0.1, -0.05) is 12.8 Å². The van der Waals surface area contributed by atoms with Crippen LogP contribution in [0.2, 0.25) is 0 Å². The van der Waals surface area contributed by atoms with Gasteiger partial charge in [-0.05, 0) is 46.6 Å². The number of aryl methyl sites for hydroxylation is 1. The van der Waals surface area contributed by atoms with Gasteiger partial charge in [-0.3, -0.25) is 0 Å². The molecule has 1 heterocycles. The van der Waals surface area contributed by atoms with Crippen LogP contribution in [-0.2, 0) is 6.54 Å². The van der Waals surface area contributed by atoms with Crippen molar-refractivity contribution in [1.29, 1.82) is 0 Å². The lowest BCUT2D eigenvalue weighted by molar-refractivity contribution is 0.420. The quantitative estimate of drug-likeness (QED) is 0.890. The molecule has 0 aromatic carbocycles. The van der Waals surface area contributed by atoms with E-state index in [1.54, 1.807) is 0 Å². The molecule has 0 unspecified atom stereocenters. The molecular formula is C15H25N3. The zero-order valence-corrected chi connectivity index (χ0v) is 12.1. The maximum absolute atomic E-state index is 4.75. The van der Waals surface area contributed by atoms with Crippen LogP contribution < -0.4 is 5.32 Å². The summed E-state index contributed by atoms with van der Waals surface area (Å²) in [6.07, 6.45) is 5.18. The number of nitrogens with zero attached hydrogens (tertiary/aromatic N) is 2. The summed E-state index contributed by atoms with van der Waals surface area (Å²) >= 11 is 0. The van der Waals surface area contributed by atoms with Gasteiger partial charge in [0.25, 0.3) is 0 Å². The third kappa shape index (κ3) is 3.77. The predicted octanol–water partition coefficient (Wildman–Crippen LogP) is 3.33. The molecule has 1 aliphatic carbocycles. The van der Waals surface area contributed by atoms with Crippen molar-refractivity contribution in [2.75, 3.05) is 0 Å². The first kappa shape index (κ1) is 13.5. The summed E-state index contributed by atoms with van der Waals surface area (Å²) in [7, 11) is 0. The van der Waals surface area contributed by atoms with E-state index in [1.165, 1.54) is 25.7 Å². The largest absolute Gasteiger partial charge is 0.306 e. The Kier molecular flexibility index (Phi) is 4.00. The van der Waals surface area contributed by atoms with E-state index in [1.807, 2.05) is 0 Å². The van der Waals surface area contributed by atoms with E-state index in [2.05, 4.69) is 44.1 Å². The summed E-state index contributed by atoms with van der Waals surface area (Å²) in [5.41, 5.74) is 2.35. The number of nitrogens with one attached hydrogen (secondary N) is 1. The summed E-state index contributed by atoms with van der Waals surface area (Å²) in [6.45, 7) is 9.43. The van der Waals surface area contributed by atoms with Gasteiger partial charge in [-0.15, -0.1) is 0 Å². The maximum Gasteiger partial charge on any atom is 0.131 e. The van der Waals surface area contributed by atoms with Crippen LogP contribution in [0.1, 0.15) is 69.6 Å². The van der Waals surface area contributed by atoms with Gasteiger partial charge in [-0.25, -0.2) is 9.97 Å². The molecular weight excluding hydrogens is 222 g/mol. The van der Waals surface area contributed by atoms with Crippen LogP contribution >= 0.6 is 0 Å². The molecule has 1 aromatic rings. The van der Waals surface area contributed by atoms with Crippen molar-refractivity contribution in [3.8, 4) is 0 Å². The van der Waals surface area contributed by atoms with Crippen molar-refractivity contribution < 1.29 is 0 Å². The summed E-state index contributed by atoms with van der Waals surface area (Å²) < 4.78 is 0. The zero-order valence-electron chi connectivity index (χ0n) is 12.1. The number of aromatic nitrogens is 2. The van der Waals surface area contributed by atoms with Crippen LogP contribution in [0.5, 0.6) is 0 Å². The summed E-state index contributed by atoms with van der Waals surface area (Å²) in [5, 5.41) is 3.49. The molecule has 0 spiro atoms. The summed E-state index contributed by atoms with van der Waals surface area (Å²) in [6, 6.07) is 2.09. The van der Waals surface area contributed by atoms with E-state index >= 15 is 0 Å². The van der Waals surface area contributed by atoms with Gasteiger partial charge in [0.05, 0.1) is 5.69 Å². The Balaban J connectivity index is 2.10. The minimum atomic E-state index is 0.131. The van der Waals surface area contributed by atoms with Crippen LogP contribution in [0, 0.1) is 6.92 Å². The molecule has 1 aliphatic rings. The molecule has 1 N–H and O–H groups in total. The fourth-order valence-electron chi connectivity index (χ4n) is 2.47. The molecule has 2 rings (SSSR count). The van der Waals surface area contributed by atoms with Gasteiger partial charge in [-0.2, -0.15) is 0 Å². The molecule has 3 heteroatoms. The second-order valence-electron chi connectivity index (χ2n) is 6.44. The molecule has 100 valence electrons. The molecule has 0 amide bonds. The van der Waals surface area contributed by atoms with Crippen molar-refractivity contribution in [3.63, 3.8) is 0 Å². The van der Waals surface area contributed by atoms with Crippen molar-refractivity contribution >= 4 is 0 Å². The summed E-state index contributed by atoms with van der Waals surface area (Å²) in [4.78, 5) is 9.37. The average Bonchev–Trinajstić information content (AvgIpc) is 2.78. The summed E-state index contributed by atoms with van der Waals surface area (Å²) in [5.74, 6) is 1.66. The normalized spacial score (nSPS) is 17.3. The second kappa shape index (κ2) is 5.35. The van der Waals surface area contributed by atoms with Gasteiger partial charge >= 0.3 is 0 Å². The average molecular weight is 247 g/mol. The van der Waals surface area contributed by atoms with E-state index < -0.39 is 0 Å². The molecule has 0 saturated heterocycles. The maximum atomic E-state index is 4.75. The van der Waals surface area contributed by atoms with Crippen LogP contribution in [0.4, 0.5) is 0 Å². The predicted molar refractivity (Wildman–Crippen MR) is 74.6 cm³/mol. The smallest absolute Gasteiger partial charge is 0.131 e. The fraction of sp³-hybridized carbons (Fsp3) is 0.733. The SMILES string of the molecule is Cc1cc(CNC(C)(C)C)nc(C2CCCC2)n1. The molecule has 0 aliphatic heterocycles. The molecule has 1 fully saturated rings. The van der Waals surface area contributed by atoms with Crippen LogP contribution in [0.3, 0.4) is 0 Å². The minimum absolute atomic E-state index is 0.131. The topological polar surface area (TPSA) is 37.8 Å². The first-order chi connectivity index (χ1) is 8.44. The van der Waals surface area contributed by atoms with Crippen LogP contribution in [0.25, 0.3) is 0 Å². The lowest BCUT2D eigenvalue weighted by Crippen LogP contribution is -2.35. The molecule has 0 atom stereocenters. The fourth-order valence-corrected chi connectivity index (χ4v) is 2.47.